The average molecular weight is 562 g/mol. The van der Waals surface area contributed by atoms with Gasteiger partial charge in [-0.2, -0.15) is 0 Å². The Bertz CT molecular complexity index is 2490. The Morgan fingerprint density at radius 1 is 0.386 bits per heavy atom. The molecule has 2 nitrogen and oxygen atoms in total. The van der Waals surface area contributed by atoms with Gasteiger partial charge in [-0.25, -0.2) is 0 Å². The maximum Gasteiger partial charge on any atom is 0.160 e. The molecule has 1 heterocycles. The first-order valence-electron chi connectivity index (χ1n) is 15.0. The van der Waals surface area contributed by atoms with E-state index in [4.69, 9.17) is 4.42 Å². The van der Waals surface area contributed by atoms with Crippen LogP contribution < -0.4 is 4.90 Å². The Hall–Kier alpha value is -5.86. The minimum absolute atomic E-state index is 0.885. The quantitative estimate of drug-likeness (QED) is 0.199. The van der Waals surface area contributed by atoms with Crippen molar-refractivity contribution in [1.82, 2.24) is 0 Å². The first-order valence-corrected chi connectivity index (χ1v) is 15.0. The summed E-state index contributed by atoms with van der Waals surface area (Å²) in [6.45, 7) is 0. The van der Waals surface area contributed by atoms with Gasteiger partial charge in [0.25, 0.3) is 0 Å². The molecule has 0 radical (unpaired) electrons. The van der Waals surface area contributed by atoms with E-state index >= 15 is 0 Å². The number of fused-ring (bicyclic) bond motifs is 8. The summed E-state index contributed by atoms with van der Waals surface area (Å²) in [4.78, 5) is 2.35. The molecule has 0 atom stereocenters. The summed E-state index contributed by atoms with van der Waals surface area (Å²) >= 11 is 0. The zero-order chi connectivity index (χ0) is 29.0. The third kappa shape index (κ3) is 3.89. The van der Waals surface area contributed by atoms with E-state index in [2.05, 4.69) is 163 Å². The minimum Gasteiger partial charge on any atom is -0.454 e. The largest absolute Gasteiger partial charge is 0.454 e. The predicted octanol–water partition coefficient (Wildman–Crippen LogP) is 12.2. The van der Waals surface area contributed by atoms with Crippen molar-refractivity contribution in [2.75, 3.05) is 4.90 Å². The van der Waals surface area contributed by atoms with Crippen molar-refractivity contribution in [3.63, 3.8) is 0 Å². The summed E-state index contributed by atoms with van der Waals surface area (Å²) < 4.78 is 6.71. The fourth-order valence-corrected chi connectivity index (χ4v) is 6.72. The molecule has 0 saturated heterocycles. The molecule has 0 spiro atoms. The number of nitrogens with zero attached hydrogens (tertiary/aromatic N) is 1. The molecule has 0 saturated carbocycles. The zero-order valence-electron chi connectivity index (χ0n) is 23.9. The topological polar surface area (TPSA) is 16.4 Å². The Morgan fingerprint density at radius 2 is 0.977 bits per heavy atom. The summed E-state index contributed by atoms with van der Waals surface area (Å²) in [6.07, 6.45) is 0. The lowest BCUT2D eigenvalue weighted by Crippen LogP contribution is -2.10. The fourth-order valence-electron chi connectivity index (χ4n) is 6.72. The molecule has 9 rings (SSSR count). The molecule has 0 aliphatic carbocycles. The zero-order valence-corrected chi connectivity index (χ0v) is 23.9. The SMILES string of the molecule is c1ccc(-c2ccc(N(c3ccc4c(ccc5ccccc54)c3)c3cc4ccccc4c4c3oc3ccccc34)cc2)cc1. The van der Waals surface area contributed by atoms with Crippen LogP contribution in [-0.2, 0) is 0 Å². The molecule has 0 bridgehead atoms. The molecule has 0 N–H and O–H groups in total. The van der Waals surface area contributed by atoms with Gasteiger partial charge in [-0.05, 0) is 79.8 Å². The van der Waals surface area contributed by atoms with Crippen molar-refractivity contribution < 1.29 is 4.42 Å². The number of hydrogen-bond acceptors (Lipinski definition) is 2. The number of hydrogen-bond donors (Lipinski definition) is 0. The average Bonchev–Trinajstić information content (AvgIpc) is 3.49. The lowest BCUT2D eigenvalue weighted by molar-refractivity contribution is 0.669. The van der Waals surface area contributed by atoms with Gasteiger partial charge in [-0.3, -0.25) is 0 Å². The Balaban J connectivity index is 1.33. The highest BCUT2D eigenvalue weighted by atomic mass is 16.3. The standard InChI is InChI=1S/C42H27NO/c1-2-10-28(11-3-1)29-20-22-33(23-21-29)43(34-24-25-36-32(26-34)19-18-30-12-4-6-14-35(30)36)39-27-31-13-5-7-15-37(31)41-38-16-8-9-17-40(38)44-42(39)41/h1-27H. The highest BCUT2D eigenvalue weighted by Crippen LogP contribution is 2.46. The second-order valence-electron chi connectivity index (χ2n) is 11.4. The smallest absolute Gasteiger partial charge is 0.160 e. The van der Waals surface area contributed by atoms with Gasteiger partial charge in [-0.1, -0.05) is 127 Å². The van der Waals surface area contributed by atoms with Crippen LogP contribution in [0.15, 0.2) is 168 Å². The maximum atomic E-state index is 6.71. The first-order chi connectivity index (χ1) is 21.8. The van der Waals surface area contributed by atoms with Gasteiger partial charge < -0.3 is 9.32 Å². The minimum atomic E-state index is 0.885. The van der Waals surface area contributed by atoms with Crippen LogP contribution in [0.4, 0.5) is 17.1 Å². The fraction of sp³-hybridized carbons (Fsp3) is 0. The summed E-state index contributed by atoms with van der Waals surface area (Å²) in [5.74, 6) is 0. The molecule has 0 aliphatic rings. The molecule has 206 valence electrons. The molecule has 0 fully saturated rings. The Kier molecular flexibility index (Phi) is 5.54. The van der Waals surface area contributed by atoms with Gasteiger partial charge >= 0.3 is 0 Å². The first kappa shape index (κ1) is 24.7. The van der Waals surface area contributed by atoms with E-state index in [0.717, 1.165) is 39.0 Å². The van der Waals surface area contributed by atoms with Gasteiger partial charge in [-0.15, -0.1) is 0 Å². The highest BCUT2D eigenvalue weighted by molar-refractivity contribution is 6.23. The van der Waals surface area contributed by atoms with E-state index in [0.29, 0.717) is 0 Å². The number of benzene rings is 8. The molecule has 0 unspecified atom stereocenters. The second-order valence-corrected chi connectivity index (χ2v) is 11.4. The molecular weight excluding hydrogens is 534 g/mol. The van der Waals surface area contributed by atoms with Crippen LogP contribution in [0.2, 0.25) is 0 Å². The highest BCUT2D eigenvalue weighted by Gasteiger charge is 2.22. The van der Waals surface area contributed by atoms with Gasteiger partial charge in [0, 0.05) is 22.1 Å². The number of para-hydroxylation sites is 1. The molecular formula is C42H27NO. The summed E-state index contributed by atoms with van der Waals surface area (Å²) in [6, 6.07) is 58.5. The van der Waals surface area contributed by atoms with Crippen molar-refractivity contribution >= 4 is 71.3 Å². The van der Waals surface area contributed by atoms with E-state index in [9.17, 15) is 0 Å². The van der Waals surface area contributed by atoms with Crippen LogP contribution in [0, 0.1) is 0 Å². The number of anilines is 3. The third-order valence-electron chi connectivity index (χ3n) is 8.81. The van der Waals surface area contributed by atoms with E-state index in [1.54, 1.807) is 0 Å². The van der Waals surface area contributed by atoms with Crippen molar-refractivity contribution in [1.29, 1.82) is 0 Å². The van der Waals surface area contributed by atoms with Gasteiger partial charge in [0.2, 0.25) is 0 Å². The number of furan rings is 1. The lowest BCUT2D eigenvalue weighted by atomic mass is 9.99. The molecule has 0 aliphatic heterocycles. The molecule has 0 amide bonds. The van der Waals surface area contributed by atoms with Crippen LogP contribution in [0.25, 0.3) is 65.4 Å². The van der Waals surface area contributed by atoms with Crippen molar-refractivity contribution in [2.45, 2.75) is 0 Å². The van der Waals surface area contributed by atoms with Crippen LogP contribution in [0.3, 0.4) is 0 Å². The molecule has 8 aromatic carbocycles. The Morgan fingerprint density at radius 3 is 1.82 bits per heavy atom. The third-order valence-corrected chi connectivity index (χ3v) is 8.81. The summed E-state index contributed by atoms with van der Waals surface area (Å²) in [5.41, 5.74) is 7.34. The van der Waals surface area contributed by atoms with Gasteiger partial charge in [0.1, 0.15) is 5.58 Å². The van der Waals surface area contributed by atoms with Crippen LogP contribution >= 0.6 is 0 Å². The van der Waals surface area contributed by atoms with E-state index in [1.807, 2.05) is 6.07 Å². The number of rotatable bonds is 4. The van der Waals surface area contributed by atoms with Crippen molar-refractivity contribution in [3.05, 3.63) is 164 Å². The van der Waals surface area contributed by atoms with Crippen LogP contribution in [0.5, 0.6) is 0 Å². The molecule has 1 aromatic heterocycles. The second kappa shape index (κ2) is 9.86. The molecule has 44 heavy (non-hydrogen) atoms. The van der Waals surface area contributed by atoms with Crippen LogP contribution in [-0.4, -0.2) is 0 Å². The molecule has 9 aromatic rings. The van der Waals surface area contributed by atoms with Crippen molar-refractivity contribution in [3.8, 4) is 11.1 Å². The van der Waals surface area contributed by atoms with E-state index in [1.165, 1.54) is 43.4 Å². The lowest BCUT2D eigenvalue weighted by Gasteiger charge is -2.27. The monoisotopic (exact) mass is 561 g/mol. The Labute approximate surface area is 255 Å². The predicted molar refractivity (Wildman–Crippen MR) is 186 cm³/mol. The van der Waals surface area contributed by atoms with Crippen LogP contribution in [0.1, 0.15) is 0 Å². The van der Waals surface area contributed by atoms with Gasteiger partial charge in [0.05, 0.1) is 5.69 Å². The van der Waals surface area contributed by atoms with E-state index < -0.39 is 0 Å². The maximum absolute atomic E-state index is 6.71. The van der Waals surface area contributed by atoms with E-state index in [-0.39, 0.29) is 0 Å². The normalized spacial score (nSPS) is 11.6. The van der Waals surface area contributed by atoms with Gasteiger partial charge in [0.15, 0.2) is 5.58 Å². The molecule has 2 heteroatoms. The van der Waals surface area contributed by atoms with Crippen molar-refractivity contribution in [2.24, 2.45) is 0 Å². The summed E-state index contributed by atoms with van der Waals surface area (Å²) in [7, 11) is 0. The summed E-state index contributed by atoms with van der Waals surface area (Å²) in [5, 5.41) is 9.61.